The predicted octanol–water partition coefficient (Wildman–Crippen LogP) is -1.20. The highest BCUT2D eigenvalue weighted by molar-refractivity contribution is 7.99. The number of nitrogens with two attached hydrogens (primary N) is 1. The van der Waals surface area contributed by atoms with Crippen LogP contribution in [-0.4, -0.2) is 64.2 Å². The molecule has 1 saturated heterocycles. The minimum atomic E-state index is -0.789. The second-order valence-corrected chi connectivity index (χ2v) is 5.46. The van der Waals surface area contributed by atoms with Gasteiger partial charge in [-0.25, -0.2) is 0 Å². The highest BCUT2D eigenvalue weighted by atomic mass is 32.2. The van der Waals surface area contributed by atoms with E-state index in [0.29, 0.717) is 18.8 Å². The summed E-state index contributed by atoms with van der Waals surface area (Å²) in [5.74, 6) is -0.0552. The number of likely N-dealkylation sites (tertiary alicyclic amines) is 1. The van der Waals surface area contributed by atoms with E-state index in [2.05, 4.69) is 0 Å². The Morgan fingerprint density at radius 3 is 2.83 bits per heavy atom. The van der Waals surface area contributed by atoms with E-state index >= 15 is 0 Å². The third-order valence-electron chi connectivity index (χ3n) is 2.92. The zero-order valence-electron chi connectivity index (χ0n) is 10.2. The van der Waals surface area contributed by atoms with Crippen molar-refractivity contribution in [1.29, 1.82) is 0 Å². The number of piperidine rings is 1. The second kappa shape index (κ2) is 7.60. The van der Waals surface area contributed by atoms with Gasteiger partial charge >= 0.3 is 0 Å². The Bertz CT molecular complexity index is 301. The Morgan fingerprint density at radius 1 is 1.50 bits per heavy atom. The van der Waals surface area contributed by atoms with Crippen molar-refractivity contribution in [2.45, 2.75) is 18.9 Å². The van der Waals surface area contributed by atoms with Crippen LogP contribution in [0.15, 0.2) is 0 Å². The number of aliphatic hydroxyl groups is 2. The summed E-state index contributed by atoms with van der Waals surface area (Å²) in [5.41, 5.74) is 5.24. The molecule has 0 spiro atoms. The average molecular weight is 276 g/mol. The molecule has 0 aromatic rings. The smallest absolute Gasteiger partial charge is 0.232 e. The number of amides is 2. The third kappa shape index (κ3) is 4.83. The number of rotatable bonds is 6. The molecule has 0 aromatic carbocycles. The zero-order chi connectivity index (χ0) is 13.5. The largest absolute Gasteiger partial charge is 0.394 e. The SMILES string of the molecule is NC(=O)C1CCCN(C(=O)CSCC(O)CO)C1. The van der Waals surface area contributed by atoms with Crippen LogP contribution in [0.4, 0.5) is 0 Å². The molecular weight excluding hydrogens is 256 g/mol. The summed E-state index contributed by atoms with van der Waals surface area (Å²) in [5, 5.41) is 17.8. The molecule has 0 radical (unpaired) electrons. The molecule has 2 atom stereocenters. The molecule has 2 unspecified atom stereocenters. The normalized spacial score (nSPS) is 21.7. The van der Waals surface area contributed by atoms with Gasteiger partial charge in [-0.15, -0.1) is 11.8 Å². The first kappa shape index (κ1) is 15.3. The van der Waals surface area contributed by atoms with E-state index in [1.165, 1.54) is 11.8 Å². The van der Waals surface area contributed by atoms with Gasteiger partial charge in [-0.3, -0.25) is 9.59 Å². The number of primary amides is 1. The van der Waals surface area contributed by atoms with E-state index in [-0.39, 0.29) is 30.1 Å². The van der Waals surface area contributed by atoms with E-state index < -0.39 is 6.10 Å². The van der Waals surface area contributed by atoms with Gasteiger partial charge < -0.3 is 20.8 Å². The Kier molecular flexibility index (Phi) is 6.45. The summed E-state index contributed by atoms with van der Waals surface area (Å²) in [6.07, 6.45) is 0.751. The topological polar surface area (TPSA) is 104 Å². The summed E-state index contributed by atoms with van der Waals surface area (Å²) in [6, 6.07) is 0. The summed E-state index contributed by atoms with van der Waals surface area (Å²) >= 11 is 1.28. The maximum absolute atomic E-state index is 11.8. The fraction of sp³-hybridized carbons (Fsp3) is 0.818. The van der Waals surface area contributed by atoms with Crippen LogP contribution in [0.1, 0.15) is 12.8 Å². The lowest BCUT2D eigenvalue weighted by molar-refractivity contribution is -0.132. The highest BCUT2D eigenvalue weighted by Crippen LogP contribution is 2.17. The van der Waals surface area contributed by atoms with Gasteiger partial charge in [0.1, 0.15) is 0 Å². The summed E-state index contributed by atoms with van der Waals surface area (Å²) in [4.78, 5) is 24.6. The number of carbonyl (C=O) groups excluding carboxylic acids is 2. The van der Waals surface area contributed by atoms with Crippen molar-refractivity contribution in [3.8, 4) is 0 Å². The minimum absolute atomic E-state index is 0.0453. The molecule has 1 aliphatic heterocycles. The maximum Gasteiger partial charge on any atom is 0.232 e. The van der Waals surface area contributed by atoms with Crippen LogP contribution < -0.4 is 5.73 Å². The Labute approximate surface area is 111 Å². The van der Waals surface area contributed by atoms with Crippen LogP contribution in [-0.2, 0) is 9.59 Å². The lowest BCUT2D eigenvalue weighted by atomic mass is 9.97. The molecule has 0 aliphatic carbocycles. The predicted molar refractivity (Wildman–Crippen MR) is 68.9 cm³/mol. The average Bonchev–Trinajstić information content (AvgIpc) is 2.38. The molecule has 6 nitrogen and oxygen atoms in total. The van der Waals surface area contributed by atoms with Crippen LogP contribution in [0, 0.1) is 5.92 Å². The quantitative estimate of drug-likeness (QED) is 0.565. The molecular formula is C11H20N2O4S. The van der Waals surface area contributed by atoms with Crippen LogP contribution in [0.3, 0.4) is 0 Å². The minimum Gasteiger partial charge on any atom is -0.394 e. The number of aliphatic hydroxyl groups excluding tert-OH is 2. The van der Waals surface area contributed by atoms with Gasteiger partial charge in [0, 0.05) is 18.8 Å². The van der Waals surface area contributed by atoms with E-state index in [9.17, 15) is 9.59 Å². The fourth-order valence-corrected chi connectivity index (χ4v) is 2.71. The van der Waals surface area contributed by atoms with Crippen molar-refractivity contribution < 1.29 is 19.8 Å². The molecule has 0 aromatic heterocycles. The zero-order valence-corrected chi connectivity index (χ0v) is 11.1. The third-order valence-corrected chi connectivity index (χ3v) is 3.99. The molecule has 2 amide bonds. The molecule has 7 heteroatoms. The molecule has 104 valence electrons. The summed E-state index contributed by atoms with van der Waals surface area (Å²) in [6.45, 7) is 0.762. The van der Waals surface area contributed by atoms with Crippen molar-refractivity contribution in [2.24, 2.45) is 11.7 Å². The Morgan fingerprint density at radius 2 is 2.22 bits per heavy atom. The van der Waals surface area contributed by atoms with E-state index in [4.69, 9.17) is 15.9 Å². The molecule has 18 heavy (non-hydrogen) atoms. The first-order valence-electron chi connectivity index (χ1n) is 5.98. The molecule has 1 fully saturated rings. The van der Waals surface area contributed by atoms with E-state index in [1.54, 1.807) is 4.90 Å². The highest BCUT2D eigenvalue weighted by Gasteiger charge is 2.26. The molecule has 1 rings (SSSR count). The van der Waals surface area contributed by atoms with E-state index in [1.807, 2.05) is 0 Å². The fourth-order valence-electron chi connectivity index (χ4n) is 1.86. The second-order valence-electron chi connectivity index (χ2n) is 4.43. The molecule has 1 heterocycles. The Hall–Kier alpha value is -0.790. The van der Waals surface area contributed by atoms with Gasteiger partial charge in [0.25, 0.3) is 0 Å². The van der Waals surface area contributed by atoms with Crippen molar-refractivity contribution in [1.82, 2.24) is 4.90 Å². The monoisotopic (exact) mass is 276 g/mol. The van der Waals surface area contributed by atoms with Crippen molar-refractivity contribution in [3.63, 3.8) is 0 Å². The summed E-state index contributed by atoms with van der Waals surface area (Å²) in [7, 11) is 0. The van der Waals surface area contributed by atoms with Gasteiger partial charge in [-0.1, -0.05) is 0 Å². The van der Waals surface area contributed by atoms with Gasteiger partial charge in [0.05, 0.1) is 24.4 Å². The van der Waals surface area contributed by atoms with E-state index in [0.717, 1.165) is 12.8 Å². The standard InChI is InChI=1S/C11H20N2O4S/c12-11(17)8-2-1-3-13(4-8)10(16)7-18-6-9(15)5-14/h8-9,14-15H,1-7H2,(H2,12,17). The van der Waals surface area contributed by atoms with Gasteiger partial charge in [-0.05, 0) is 12.8 Å². The van der Waals surface area contributed by atoms with Crippen molar-refractivity contribution in [3.05, 3.63) is 0 Å². The first-order valence-corrected chi connectivity index (χ1v) is 7.13. The Balaban J connectivity index is 2.30. The molecule has 4 N–H and O–H groups in total. The number of hydrogen-bond acceptors (Lipinski definition) is 5. The summed E-state index contributed by atoms with van der Waals surface area (Å²) < 4.78 is 0. The number of nitrogens with zero attached hydrogens (tertiary/aromatic N) is 1. The molecule has 1 aliphatic rings. The first-order chi connectivity index (χ1) is 8.54. The van der Waals surface area contributed by atoms with Crippen molar-refractivity contribution in [2.75, 3.05) is 31.2 Å². The van der Waals surface area contributed by atoms with Crippen LogP contribution in [0.25, 0.3) is 0 Å². The van der Waals surface area contributed by atoms with Gasteiger partial charge in [-0.2, -0.15) is 0 Å². The molecule has 0 saturated carbocycles. The number of thioether (sulfide) groups is 1. The number of carbonyl (C=O) groups is 2. The lowest BCUT2D eigenvalue weighted by Gasteiger charge is -2.31. The number of hydrogen-bond donors (Lipinski definition) is 3. The lowest BCUT2D eigenvalue weighted by Crippen LogP contribution is -2.44. The van der Waals surface area contributed by atoms with Crippen molar-refractivity contribution >= 4 is 23.6 Å². The van der Waals surface area contributed by atoms with Crippen LogP contribution in [0.5, 0.6) is 0 Å². The van der Waals surface area contributed by atoms with Crippen LogP contribution in [0.2, 0.25) is 0 Å². The molecule has 0 bridgehead atoms. The van der Waals surface area contributed by atoms with Gasteiger partial charge in [0.15, 0.2) is 0 Å². The van der Waals surface area contributed by atoms with Crippen LogP contribution >= 0.6 is 11.8 Å². The maximum atomic E-state index is 11.8. The van der Waals surface area contributed by atoms with Gasteiger partial charge in [0.2, 0.25) is 11.8 Å².